The Morgan fingerprint density at radius 2 is 1.71 bits per heavy atom. The van der Waals surface area contributed by atoms with E-state index in [2.05, 4.69) is 0 Å². The fraction of sp³-hybridized carbons (Fsp3) is 0.200. The van der Waals surface area contributed by atoms with Gasteiger partial charge < -0.3 is 10.8 Å². The molecule has 0 aliphatic heterocycles. The molecule has 0 saturated carbocycles. The first-order valence-corrected chi connectivity index (χ1v) is 7.36. The zero-order valence-electron chi connectivity index (χ0n) is 10.9. The zero-order valence-corrected chi connectivity index (χ0v) is 13.1. The van der Waals surface area contributed by atoms with Crippen LogP contribution >= 0.6 is 34.8 Å². The quantitative estimate of drug-likeness (QED) is 0.850. The lowest BCUT2D eigenvalue weighted by Crippen LogP contribution is -2.21. The van der Waals surface area contributed by atoms with E-state index in [-0.39, 0.29) is 17.1 Å². The monoisotopic (exact) mass is 347 g/mol. The third-order valence-electron chi connectivity index (χ3n) is 3.29. The minimum Gasteiger partial charge on any atom is -0.388 e. The minimum absolute atomic E-state index is 0.0622. The Kier molecular flexibility index (Phi) is 5.47. The topological polar surface area (TPSA) is 46.2 Å². The molecule has 0 heterocycles. The second-order valence-electron chi connectivity index (χ2n) is 4.59. The second kappa shape index (κ2) is 6.95. The van der Waals surface area contributed by atoms with Crippen molar-refractivity contribution in [1.82, 2.24) is 0 Å². The summed E-state index contributed by atoms with van der Waals surface area (Å²) in [5.41, 5.74) is 6.34. The Labute approximate surface area is 137 Å². The highest BCUT2D eigenvalue weighted by Crippen LogP contribution is 2.39. The van der Waals surface area contributed by atoms with Crippen molar-refractivity contribution in [1.29, 1.82) is 0 Å². The van der Waals surface area contributed by atoms with Crippen LogP contribution in [0.5, 0.6) is 0 Å². The molecule has 3 N–H and O–H groups in total. The summed E-state index contributed by atoms with van der Waals surface area (Å²) < 4.78 is 14.0. The van der Waals surface area contributed by atoms with Crippen molar-refractivity contribution in [3.63, 3.8) is 0 Å². The van der Waals surface area contributed by atoms with Crippen LogP contribution in [0.1, 0.15) is 23.1 Å². The zero-order chi connectivity index (χ0) is 15.6. The molecule has 112 valence electrons. The summed E-state index contributed by atoms with van der Waals surface area (Å²) in [7, 11) is 0. The van der Waals surface area contributed by atoms with Crippen molar-refractivity contribution in [2.75, 3.05) is 6.54 Å². The first-order valence-electron chi connectivity index (χ1n) is 6.22. The first-order chi connectivity index (χ1) is 9.95. The predicted octanol–water partition coefficient (Wildman–Crippen LogP) is 4.56. The lowest BCUT2D eigenvalue weighted by atomic mass is 9.89. The van der Waals surface area contributed by atoms with Crippen molar-refractivity contribution in [2.45, 2.75) is 12.0 Å². The predicted molar refractivity (Wildman–Crippen MR) is 84.6 cm³/mol. The van der Waals surface area contributed by atoms with E-state index in [1.54, 1.807) is 18.2 Å². The van der Waals surface area contributed by atoms with Crippen LogP contribution in [0, 0.1) is 5.82 Å². The first kappa shape index (κ1) is 16.5. The fourth-order valence-electron chi connectivity index (χ4n) is 2.23. The van der Waals surface area contributed by atoms with E-state index in [1.165, 1.54) is 12.1 Å². The van der Waals surface area contributed by atoms with Crippen molar-refractivity contribution in [3.8, 4) is 0 Å². The number of hydrogen-bond acceptors (Lipinski definition) is 2. The average molecular weight is 349 g/mol. The van der Waals surface area contributed by atoms with Gasteiger partial charge in [0.2, 0.25) is 0 Å². The number of benzene rings is 2. The summed E-state index contributed by atoms with van der Waals surface area (Å²) >= 11 is 18.0. The molecule has 2 aromatic rings. The number of aliphatic hydroxyl groups excluding tert-OH is 1. The highest BCUT2D eigenvalue weighted by molar-refractivity contribution is 6.36. The normalized spacial score (nSPS) is 14.0. The maximum Gasteiger partial charge on any atom is 0.130 e. The van der Waals surface area contributed by atoms with E-state index in [0.29, 0.717) is 15.6 Å². The van der Waals surface area contributed by atoms with Crippen molar-refractivity contribution >= 4 is 34.8 Å². The Hall–Kier alpha value is -0.840. The van der Waals surface area contributed by atoms with Gasteiger partial charge in [0, 0.05) is 33.1 Å². The van der Waals surface area contributed by atoms with Gasteiger partial charge in [-0.2, -0.15) is 0 Å². The Bertz CT molecular complexity index is 631. The molecule has 0 fully saturated rings. The average Bonchev–Trinajstić information content (AvgIpc) is 2.42. The molecule has 6 heteroatoms. The van der Waals surface area contributed by atoms with E-state index in [4.69, 9.17) is 40.5 Å². The van der Waals surface area contributed by atoms with Gasteiger partial charge in [0.15, 0.2) is 0 Å². The van der Waals surface area contributed by atoms with Crippen molar-refractivity contribution < 1.29 is 9.50 Å². The van der Waals surface area contributed by atoms with Crippen LogP contribution in [0.15, 0.2) is 36.4 Å². The molecule has 2 rings (SSSR count). The molecule has 0 aliphatic rings. The van der Waals surface area contributed by atoms with Crippen molar-refractivity contribution in [2.24, 2.45) is 5.73 Å². The summed E-state index contributed by atoms with van der Waals surface area (Å²) in [6.45, 7) is 0.0622. The molecule has 0 aromatic heterocycles. The standard InChI is InChI=1S/C15H13Cl3FNO/c16-8-4-5-9(13(19)6-8)15(21)10(7-20)14-11(17)2-1-3-12(14)18/h1-6,10,15,21H,7,20H2. The number of hydrogen-bond donors (Lipinski definition) is 2. The maximum absolute atomic E-state index is 14.0. The molecular weight excluding hydrogens is 336 g/mol. The van der Waals surface area contributed by atoms with Crippen LogP contribution in [0.3, 0.4) is 0 Å². The van der Waals surface area contributed by atoms with Crippen LogP contribution in [0.25, 0.3) is 0 Å². The van der Waals surface area contributed by atoms with E-state index >= 15 is 0 Å². The van der Waals surface area contributed by atoms with E-state index in [1.807, 2.05) is 0 Å². The molecule has 21 heavy (non-hydrogen) atoms. The molecule has 0 bridgehead atoms. The van der Waals surface area contributed by atoms with Crippen LogP contribution in [-0.4, -0.2) is 11.7 Å². The van der Waals surface area contributed by atoms with Crippen LogP contribution in [-0.2, 0) is 0 Å². The Morgan fingerprint density at radius 1 is 1.10 bits per heavy atom. The van der Waals surface area contributed by atoms with Crippen LogP contribution < -0.4 is 5.73 Å². The molecular formula is C15H13Cl3FNO. The van der Waals surface area contributed by atoms with Gasteiger partial charge in [0.1, 0.15) is 5.82 Å². The molecule has 0 radical (unpaired) electrons. The smallest absolute Gasteiger partial charge is 0.130 e. The second-order valence-corrected chi connectivity index (χ2v) is 5.84. The minimum atomic E-state index is -1.18. The lowest BCUT2D eigenvalue weighted by molar-refractivity contribution is 0.143. The molecule has 2 unspecified atom stereocenters. The number of aliphatic hydroxyl groups is 1. The largest absolute Gasteiger partial charge is 0.388 e. The SMILES string of the molecule is NCC(c1c(Cl)cccc1Cl)C(O)c1ccc(Cl)cc1F. The van der Waals surface area contributed by atoms with Gasteiger partial charge in [-0.15, -0.1) is 0 Å². The molecule has 0 aliphatic carbocycles. The highest BCUT2D eigenvalue weighted by Gasteiger charge is 2.27. The van der Waals surface area contributed by atoms with Gasteiger partial charge in [-0.05, 0) is 29.8 Å². The summed E-state index contributed by atoms with van der Waals surface area (Å²) in [5, 5.41) is 11.5. The van der Waals surface area contributed by atoms with Gasteiger partial charge >= 0.3 is 0 Å². The molecule has 0 saturated heterocycles. The lowest BCUT2D eigenvalue weighted by Gasteiger charge is -2.24. The molecule has 0 spiro atoms. The van der Waals surface area contributed by atoms with Crippen molar-refractivity contribution in [3.05, 3.63) is 68.4 Å². The molecule has 2 nitrogen and oxygen atoms in total. The summed E-state index contributed by atoms with van der Waals surface area (Å²) in [6, 6.07) is 9.06. The summed E-state index contributed by atoms with van der Waals surface area (Å²) in [5.74, 6) is -1.22. The van der Waals surface area contributed by atoms with Gasteiger partial charge in [-0.3, -0.25) is 0 Å². The third-order valence-corrected chi connectivity index (χ3v) is 4.18. The van der Waals surface area contributed by atoms with E-state index < -0.39 is 17.8 Å². The number of rotatable bonds is 4. The summed E-state index contributed by atoms with van der Waals surface area (Å²) in [4.78, 5) is 0. The van der Waals surface area contributed by atoms with Gasteiger partial charge in [0.05, 0.1) is 6.10 Å². The van der Waals surface area contributed by atoms with Gasteiger partial charge in [-0.1, -0.05) is 46.9 Å². The van der Waals surface area contributed by atoms with E-state index in [0.717, 1.165) is 6.07 Å². The van der Waals surface area contributed by atoms with Gasteiger partial charge in [0.25, 0.3) is 0 Å². The van der Waals surface area contributed by atoms with Gasteiger partial charge in [-0.25, -0.2) is 4.39 Å². The fourth-order valence-corrected chi connectivity index (χ4v) is 3.06. The Balaban J connectivity index is 2.46. The van der Waals surface area contributed by atoms with Crippen LogP contribution in [0.2, 0.25) is 15.1 Å². The number of halogens is 4. The molecule has 2 atom stereocenters. The molecule has 2 aromatic carbocycles. The number of nitrogens with two attached hydrogens (primary N) is 1. The third kappa shape index (κ3) is 3.50. The highest BCUT2D eigenvalue weighted by atomic mass is 35.5. The van der Waals surface area contributed by atoms with Crippen LogP contribution in [0.4, 0.5) is 4.39 Å². The maximum atomic E-state index is 14.0. The Morgan fingerprint density at radius 3 is 2.24 bits per heavy atom. The van der Waals surface area contributed by atoms with E-state index in [9.17, 15) is 9.50 Å². The molecule has 0 amide bonds. The summed E-state index contributed by atoms with van der Waals surface area (Å²) in [6.07, 6.45) is -1.18.